The Hall–Kier alpha value is -0.850. The molecule has 0 aliphatic rings. The molecule has 0 fully saturated rings. The molecule has 0 saturated heterocycles. The molecule has 6 heteroatoms. The van der Waals surface area contributed by atoms with E-state index in [2.05, 4.69) is 0 Å². The van der Waals surface area contributed by atoms with E-state index in [0.29, 0.717) is 0 Å². The molecule has 0 saturated carbocycles. The van der Waals surface area contributed by atoms with Gasteiger partial charge in [-0.1, -0.05) is 17.7 Å². The van der Waals surface area contributed by atoms with Crippen molar-refractivity contribution in [3.63, 3.8) is 0 Å². The number of hydrogen-bond donors (Lipinski definition) is 0. The standard InChI is InChI=1S/C12H18O4S2/c1-10-5-7-12(8-6-10)18(14,15)16-17(3,4)9-11(2)13/h5-8H,9H2,1-4H3. The lowest BCUT2D eigenvalue weighted by Crippen LogP contribution is -2.16. The molecule has 1 aromatic carbocycles. The molecule has 0 spiro atoms. The molecule has 0 bridgehead atoms. The molecule has 0 aromatic heterocycles. The molecule has 1 rings (SSSR count). The van der Waals surface area contributed by atoms with Gasteiger partial charge in [0.2, 0.25) is 0 Å². The summed E-state index contributed by atoms with van der Waals surface area (Å²) in [6.45, 7) is 3.30. The quantitative estimate of drug-likeness (QED) is 0.834. The zero-order chi connectivity index (χ0) is 14.0. The number of rotatable bonds is 5. The average molecular weight is 290 g/mol. The third kappa shape index (κ3) is 4.44. The number of aryl methyl sites for hydroxylation is 1. The van der Waals surface area contributed by atoms with Crippen LogP contribution in [0.2, 0.25) is 0 Å². The van der Waals surface area contributed by atoms with Crippen molar-refractivity contribution in [1.82, 2.24) is 0 Å². The van der Waals surface area contributed by atoms with E-state index >= 15 is 0 Å². The Balaban J connectivity index is 2.95. The predicted molar refractivity (Wildman–Crippen MR) is 74.4 cm³/mol. The number of hydrogen-bond acceptors (Lipinski definition) is 4. The summed E-state index contributed by atoms with van der Waals surface area (Å²) >= 11 is 0. The molecule has 0 heterocycles. The topological polar surface area (TPSA) is 60.4 Å². The second-order valence-corrected chi connectivity index (χ2v) is 9.70. The lowest BCUT2D eigenvalue weighted by Gasteiger charge is -2.28. The van der Waals surface area contributed by atoms with Crippen LogP contribution in [-0.2, 0) is 18.5 Å². The van der Waals surface area contributed by atoms with E-state index in [4.69, 9.17) is 3.63 Å². The SMILES string of the molecule is CC(=O)CS(C)(C)OS(=O)(=O)c1ccc(C)cc1. The molecule has 4 nitrogen and oxygen atoms in total. The summed E-state index contributed by atoms with van der Waals surface area (Å²) in [5.41, 5.74) is 0.976. The summed E-state index contributed by atoms with van der Waals surface area (Å²) in [6.07, 6.45) is 3.33. The van der Waals surface area contributed by atoms with Gasteiger partial charge < -0.3 is 0 Å². The summed E-state index contributed by atoms with van der Waals surface area (Å²) in [5.74, 6) is 0.0621. The Kier molecular flexibility index (Phi) is 4.58. The molecule has 0 aliphatic carbocycles. The first-order chi connectivity index (χ1) is 8.12. The van der Waals surface area contributed by atoms with Gasteiger partial charge in [-0.15, -0.1) is 10.3 Å². The summed E-state index contributed by atoms with van der Waals surface area (Å²) in [4.78, 5) is 11.2. The van der Waals surface area contributed by atoms with Gasteiger partial charge in [0.15, 0.2) is 0 Å². The van der Waals surface area contributed by atoms with Crippen molar-refractivity contribution in [2.24, 2.45) is 0 Å². The molecule has 18 heavy (non-hydrogen) atoms. The minimum atomic E-state index is -3.80. The molecular formula is C12H18O4S2. The monoisotopic (exact) mass is 290 g/mol. The van der Waals surface area contributed by atoms with Crippen LogP contribution >= 0.6 is 10.3 Å². The highest BCUT2D eigenvalue weighted by Crippen LogP contribution is 2.44. The highest BCUT2D eigenvalue weighted by Gasteiger charge is 2.25. The van der Waals surface area contributed by atoms with E-state index < -0.39 is 20.4 Å². The second-order valence-electron chi connectivity index (χ2n) is 4.62. The van der Waals surface area contributed by atoms with Crippen LogP contribution < -0.4 is 0 Å². The van der Waals surface area contributed by atoms with E-state index in [1.54, 1.807) is 24.6 Å². The van der Waals surface area contributed by atoms with Crippen LogP contribution in [0.5, 0.6) is 0 Å². The van der Waals surface area contributed by atoms with Crippen molar-refractivity contribution in [1.29, 1.82) is 0 Å². The average Bonchev–Trinajstić information content (AvgIpc) is 2.13. The lowest BCUT2D eigenvalue weighted by atomic mass is 10.2. The van der Waals surface area contributed by atoms with Crippen molar-refractivity contribution in [3.8, 4) is 0 Å². The molecule has 0 N–H and O–H groups in total. The van der Waals surface area contributed by atoms with Crippen molar-refractivity contribution in [2.75, 3.05) is 18.3 Å². The third-order valence-electron chi connectivity index (χ3n) is 2.13. The van der Waals surface area contributed by atoms with Crippen molar-refractivity contribution in [3.05, 3.63) is 29.8 Å². The molecular weight excluding hydrogens is 272 g/mol. The van der Waals surface area contributed by atoms with Crippen LogP contribution in [0.1, 0.15) is 12.5 Å². The summed E-state index contributed by atoms with van der Waals surface area (Å²) in [6, 6.07) is 6.44. The fourth-order valence-electron chi connectivity index (χ4n) is 1.50. The van der Waals surface area contributed by atoms with Gasteiger partial charge >= 0.3 is 10.1 Å². The maximum Gasteiger partial charge on any atom is 0.306 e. The van der Waals surface area contributed by atoms with Gasteiger partial charge in [0.05, 0.1) is 10.6 Å². The normalized spacial score (nSPS) is 13.3. The number of carbonyl (C=O) groups is 1. The Morgan fingerprint density at radius 1 is 1.17 bits per heavy atom. The van der Waals surface area contributed by atoms with Crippen LogP contribution in [0.15, 0.2) is 29.2 Å². The van der Waals surface area contributed by atoms with Gasteiger partial charge in [0.1, 0.15) is 5.78 Å². The van der Waals surface area contributed by atoms with Crippen LogP contribution in [0.4, 0.5) is 0 Å². The van der Waals surface area contributed by atoms with Gasteiger partial charge in [0.25, 0.3) is 0 Å². The summed E-state index contributed by atoms with van der Waals surface area (Å²) in [7, 11) is -5.73. The highest BCUT2D eigenvalue weighted by molar-refractivity contribution is 8.32. The molecule has 0 amide bonds. The fraction of sp³-hybridized carbons (Fsp3) is 0.417. The van der Waals surface area contributed by atoms with Crippen LogP contribution in [0.25, 0.3) is 0 Å². The van der Waals surface area contributed by atoms with E-state index in [9.17, 15) is 13.2 Å². The van der Waals surface area contributed by atoms with Gasteiger partial charge in [-0.2, -0.15) is 8.42 Å². The summed E-state index contributed by atoms with van der Waals surface area (Å²) < 4.78 is 29.3. The summed E-state index contributed by atoms with van der Waals surface area (Å²) in [5, 5.41) is 0. The zero-order valence-electron chi connectivity index (χ0n) is 11.0. The Morgan fingerprint density at radius 2 is 1.67 bits per heavy atom. The minimum absolute atomic E-state index is 0.0749. The van der Waals surface area contributed by atoms with E-state index in [-0.39, 0.29) is 16.4 Å². The predicted octanol–water partition coefficient (Wildman–Crippen LogP) is 2.27. The zero-order valence-corrected chi connectivity index (χ0v) is 12.6. The molecule has 0 aliphatic heterocycles. The van der Waals surface area contributed by atoms with Crippen LogP contribution in [0.3, 0.4) is 0 Å². The van der Waals surface area contributed by atoms with E-state index in [1.807, 2.05) is 6.92 Å². The van der Waals surface area contributed by atoms with Gasteiger partial charge in [-0.3, -0.25) is 4.79 Å². The first-order valence-corrected chi connectivity index (χ1v) is 9.31. The highest BCUT2D eigenvalue weighted by atomic mass is 32.3. The molecule has 0 radical (unpaired) electrons. The molecule has 102 valence electrons. The van der Waals surface area contributed by atoms with Crippen molar-refractivity contribution >= 4 is 26.2 Å². The number of Topliss-reactive ketones (excluding diaryl/α,β-unsaturated/α-hetero) is 1. The Labute approximate surface area is 110 Å². The van der Waals surface area contributed by atoms with Crippen LogP contribution in [0, 0.1) is 6.92 Å². The first kappa shape index (κ1) is 15.2. The maximum absolute atomic E-state index is 12.0. The number of ketones is 1. The smallest absolute Gasteiger partial charge is 0.299 e. The van der Waals surface area contributed by atoms with E-state index in [0.717, 1.165) is 5.56 Å². The van der Waals surface area contributed by atoms with Crippen LogP contribution in [-0.4, -0.2) is 32.5 Å². The van der Waals surface area contributed by atoms with Gasteiger partial charge in [-0.05, 0) is 38.5 Å². The lowest BCUT2D eigenvalue weighted by molar-refractivity contribution is -0.114. The van der Waals surface area contributed by atoms with E-state index in [1.165, 1.54) is 19.1 Å². The molecule has 1 aromatic rings. The first-order valence-electron chi connectivity index (χ1n) is 5.36. The number of benzene rings is 1. The van der Waals surface area contributed by atoms with Gasteiger partial charge in [-0.25, -0.2) is 3.63 Å². The minimum Gasteiger partial charge on any atom is -0.299 e. The molecule has 0 atom stereocenters. The van der Waals surface area contributed by atoms with Crippen molar-refractivity contribution in [2.45, 2.75) is 18.7 Å². The van der Waals surface area contributed by atoms with Crippen molar-refractivity contribution < 1.29 is 16.8 Å². The largest absolute Gasteiger partial charge is 0.306 e. The Morgan fingerprint density at radius 3 is 2.11 bits per heavy atom. The fourth-order valence-corrected chi connectivity index (χ4v) is 5.40. The third-order valence-corrected chi connectivity index (χ3v) is 6.28. The second kappa shape index (κ2) is 5.42. The number of carbonyl (C=O) groups excluding carboxylic acids is 1. The van der Waals surface area contributed by atoms with Gasteiger partial charge in [0, 0.05) is 0 Å². The Bertz CT molecular complexity index is 530. The molecule has 0 unspecified atom stereocenters. The maximum atomic E-state index is 12.0.